The lowest BCUT2D eigenvalue weighted by Gasteiger charge is -2.24. The van der Waals surface area contributed by atoms with Crippen LogP contribution in [-0.4, -0.2) is 9.13 Å². The first kappa shape index (κ1) is 33.2. The maximum Gasteiger partial charge on any atom is 0.420 e. The molecule has 6 aromatic carbocycles. The van der Waals surface area contributed by atoms with E-state index >= 15 is 13.2 Å². The lowest BCUT2D eigenvalue weighted by Crippen LogP contribution is -2.17. The van der Waals surface area contributed by atoms with Crippen LogP contribution in [0, 0.1) is 34.3 Å². The third-order valence-corrected chi connectivity index (χ3v) is 10.00. The van der Waals surface area contributed by atoms with Crippen molar-refractivity contribution >= 4 is 49.3 Å². The molecule has 8 aromatic rings. The summed E-state index contributed by atoms with van der Waals surface area (Å²) < 4.78 is 94.4. The summed E-state index contributed by atoms with van der Waals surface area (Å²) in [5, 5.41) is 2.99. The van der Waals surface area contributed by atoms with Crippen molar-refractivity contribution in [3.63, 3.8) is 0 Å². The summed E-state index contributed by atoms with van der Waals surface area (Å²) in [4.78, 5) is 3.30. The Morgan fingerprint density at radius 2 is 0.846 bits per heavy atom. The fourth-order valence-electron chi connectivity index (χ4n) is 7.83. The number of aryl methyl sites for hydroxylation is 4. The largest absolute Gasteiger partial charge is 0.420 e. The highest BCUT2D eigenvalue weighted by Crippen LogP contribution is 2.48. The SMILES string of the molecule is [C-]#[N+]c1cc(-c2cc(-n3c4c(C)cccc4c4cccc(C)c43)c(C(F)(F)F)c(-n3c4c(C)cccc4c4cccc(C)c43)c2)cc(C(F)(F)F)c1. The van der Waals surface area contributed by atoms with Gasteiger partial charge in [-0.15, -0.1) is 0 Å². The van der Waals surface area contributed by atoms with E-state index in [-0.39, 0.29) is 28.2 Å². The second kappa shape index (κ2) is 11.5. The number of para-hydroxylation sites is 4. The number of alkyl halides is 6. The zero-order valence-corrected chi connectivity index (χ0v) is 28.4. The van der Waals surface area contributed by atoms with E-state index in [9.17, 15) is 13.2 Å². The molecule has 0 amide bonds. The van der Waals surface area contributed by atoms with Gasteiger partial charge < -0.3 is 9.13 Å². The molecule has 2 heterocycles. The van der Waals surface area contributed by atoms with Crippen LogP contribution in [0.25, 0.3) is 71.0 Å². The Morgan fingerprint density at radius 1 is 0.481 bits per heavy atom. The first-order valence-electron chi connectivity index (χ1n) is 16.5. The highest BCUT2D eigenvalue weighted by atomic mass is 19.4. The monoisotopic (exact) mass is 701 g/mol. The molecule has 0 spiro atoms. The van der Waals surface area contributed by atoms with E-state index in [2.05, 4.69) is 4.85 Å². The molecule has 0 fully saturated rings. The number of fused-ring (bicyclic) bond motifs is 6. The maximum absolute atomic E-state index is 16.2. The average molecular weight is 702 g/mol. The quantitative estimate of drug-likeness (QED) is 0.129. The summed E-state index contributed by atoms with van der Waals surface area (Å²) >= 11 is 0. The first-order chi connectivity index (χ1) is 24.7. The molecule has 0 aliphatic rings. The van der Waals surface area contributed by atoms with E-state index in [1.165, 1.54) is 18.2 Å². The Hall–Kier alpha value is -6.01. The third kappa shape index (κ3) is 4.96. The van der Waals surface area contributed by atoms with Gasteiger partial charge in [-0.25, -0.2) is 4.85 Å². The predicted molar refractivity (Wildman–Crippen MR) is 196 cm³/mol. The van der Waals surface area contributed by atoms with Crippen LogP contribution in [0.3, 0.4) is 0 Å². The Bertz CT molecular complexity index is 2560. The minimum absolute atomic E-state index is 0.0273. The van der Waals surface area contributed by atoms with Crippen LogP contribution in [0.5, 0.6) is 0 Å². The van der Waals surface area contributed by atoms with Gasteiger partial charge in [-0.3, -0.25) is 0 Å². The Kier molecular flexibility index (Phi) is 7.33. The highest BCUT2D eigenvalue weighted by Gasteiger charge is 2.40. The van der Waals surface area contributed by atoms with Crippen LogP contribution in [0.1, 0.15) is 33.4 Å². The van der Waals surface area contributed by atoms with Gasteiger partial charge in [0.2, 0.25) is 0 Å². The molecule has 258 valence electrons. The molecule has 9 heteroatoms. The topological polar surface area (TPSA) is 14.2 Å². The average Bonchev–Trinajstić information content (AvgIpc) is 3.63. The minimum Gasteiger partial charge on any atom is -0.308 e. The van der Waals surface area contributed by atoms with Crippen molar-refractivity contribution in [3.05, 3.63) is 148 Å². The molecular formula is C43H29F6N3. The summed E-state index contributed by atoms with van der Waals surface area (Å²) in [6.45, 7) is 14.9. The molecule has 52 heavy (non-hydrogen) atoms. The van der Waals surface area contributed by atoms with Crippen molar-refractivity contribution in [2.24, 2.45) is 0 Å². The van der Waals surface area contributed by atoms with Crippen LogP contribution < -0.4 is 0 Å². The van der Waals surface area contributed by atoms with Crippen molar-refractivity contribution < 1.29 is 26.3 Å². The molecule has 0 radical (unpaired) electrons. The Labute approximate surface area is 294 Å². The number of hydrogen-bond acceptors (Lipinski definition) is 0. The molecule has 0 unspecified atom stereocenters. The number of aromatic nitrogens is 2. The maximum atomic E-state index is 16.2. The lowest BCUT2D eigenvalue weighted by atomic mass is 9.96. The molecule has 8 rings (SSSR count). The minimum atomic E-state index is -4.93. The number of benzene rings is 6. The van der Waals surface area contributed by atoms with Gasteiger partial charge in [0.1, 0.15) is 5.56 Å². The number of rotatable bonds is 3. The standard InChI is InChI=1S/C43H29F6N3/c1-23-10-6-14-31-32-15-7-11-24(2)39(32)51(38(23)31)35-20-28(27-18-29(42(44,45)46)22-30(19-27)50-5)21-36(37(35)43(47,48)49)52-40-25(3)12-8-16-33(40)34-17-9-13-26(4)41(34)52/h6-22H,1-4H3. The second-order valence-corrected chi connectivity index (χ2v) is 13.3. The molecule has 0 N–H and O–H groups in total. The normalized spacial score (nSPS) is 12.4. The molecule has 0 saturated carbocycles. The van der Waals surface area contributed by atoms with Gasteiger partial charge in [0.15, 0.2) is 5.69 Å². The third-order valence-electron chi connectivity index (χ3n) is 10.00. The van der Waals surface area contributed by atoms with Crippen LogP contribution in [0.2, 0.25) is 0 Å². The zero-order chi connectivity index (χ0) is 36.9. The van der Waals surface area contributed by atoms with Gasteiger partial charge in [0.25, 0.3) is 0 Å². The molecule has 0 aliphatic heterocycles. The lowest BCUT2D eigenvalue weighted by molar-refractivity contribution is -0.138. The smallest absolute Gasteiger partial charge is 0.308 e. The first-order valence-corrected chi connectivity index (χ1v) is 16.5. The van der Waals surface area contributed by atoms with E-state index in [1.807, 2.05) is 100 Å². The fraction of sp³-hybridized carbons (Fsp3) is 0.140. The fourth-order valence-corrected chi connectivity index (χ4v) is 7.83. The number of halogens is 6. The van der Waals surface area contributed by atoms with Crippen LogP contribution in [0.15, 0.2) is 103 Å². The summed E-state index contributed by atoms with van der Waals surface area (Å²) in [6.07, 6.45) is -9.73. The molecule has 2 aromatic heterocycles. The molecule has 0 aliphatic carbocycles. The Morgan fingerprint density at radius 3 is 1.17 bits per heavy atom. The zero-order valence-electron chi connectivity index (χ0n) is 28.4. The van der Waals surface area contributed by atoms with Gasteiger partial charge in [-0.2, -0.15) is 26.3 Å². The molecule has 0 saturated heterocycles. The van der Waals surface area contributed by atoms with Crippen LogP contribution in [-0.2, 0) is 12.4 Å². The van der Waals surface area contributed by atoms with Gasteiger partial charge in [0, 0.05) is 27.1 Å². The van der Waals surface area contributed by atoms with E-state index in [0.717, 1.165) is 55.9 Å². The highest BCUT2D eigenvalue weighted by molar-refractivity contribution is 6.13. The van der Waals surface area contributed by atoms with Gasteiger partial charge in [-0.05, 0) is 91.4 Å². The van der Waals surface area contributed by atoms with Gasteiger partial charge in [0.05, 0.1) is 40.0 Å². The molecular weight excluding hydrogens is 672 g/mol. The van der Waals surface area contributed by atoms with Crippen molar-refractivity contribution in [1.29, 1.82) is 0 Å². The van der Waals surface area contributed by atoms with Crippen molar-refractivity contribution in [3.8, 4) is 22.5 Å². The van der Waals surface area contributed by atoms with Crippen molar-refractivity contribution in [1.82, 2.24) is 9.13 Å². The summed E-state index contributed by atoms with van der Waals surface area (Å²) in [7, 11) is 0. The summed E-state index contributed by atoms with van der Waals surface area (Å²) in [5.41, 5.74) is 2.46. The number of hydrogen-bond donors (Lipinski definition) is 0. The van der Waals surface area contributed by atoms with Crippen molar-refractivity contribution in [2.75, 3.05) is 0 Å². The molecule has 3 nitrogen and oxygen atoms in total. The van der Waals surface area contributed by atoms with Crippen molar-refractivity contribution in [2.45, 2.75) is 40.0 Å². The summed E-state index contributed by atoms with van der Waals surface area (Å²) in [6, 6.07) is 27.8. The Balaban J connectivity index is 1.66. The number of nitrogens with zero attached hydrogens (tertiary/aromatic N) is 3. The molecule has 0 bridgehead atoms. The van der Waals surface area contributed by atoms with E-state index < -0.39 is 23.5 Å². The van der Waals surface area contributed by atoms with E-state index in [4.69, 9.17) is 6.57 Å². The van der Waals surface area contributed by atoms with Crippen LogP contribution in [0.4, 0.5) is 32.0 Å². The molecule has 0 atom stereocenters. The van der Waals surface area contributed by atoms with Gasteiger partial charge >= 0.3 is 12.4 Å². The van der Waals surface area contributed by atoms with E-state index in [0.29, 0.717) is 22.1 Å². The van der Waals surface area contributed by atoms with Crippen LogP contribution >= 0.6 is 0 Å². The van der Waals surface area contributed by atoms with Gasteiger partial charge in [-0.1, -0.05) is 72.8 Å². The van der Waals surface area contributed by atoms with E-state index in [1.54, 1.807) is 9.13 Å². The second-order valence-electron chi connectivity index (χ2n) is 13.3. The predicted octanol–water partition coefficient (Wildman–Crippen LogP) is 13.4. The summed E-state index contributed by atoms with van der Waals surface area (Å²) in [5.74, 6) is 0.